The van der Waals surface area contributed by atoms with E-state index in [9.17, 15) is 0 Å². The fourth-order valence-corrected chi connectivity index (χ4v) is 2.65. The molecule has 0 unspecified atom stereocenters. The Morgan fingerprint density at radius 3 is 2.52 bits per heavy atom. The molecule has 0 spiro atoms. The number of benzene rings is 1. The predicted octanol–water partition coefficient (Wildman–Crippen LogP) is 4.32. The molecule has 1 aromatic carbocycles. The summed E-state index contributed by atoms with van der Waals surface area (Å²) in [7, 11) is 0. The van der Waals surface area contributed by atoms with Crippen molar-refractivity contribution in [3.63, 3.8) is 0 Å². The van der Waals surface area contributed by atoms with Gasteiger partial charge < -0.3 is 10.1 Å². The Labute approximate surface area is 126 Å². The molecule has 0 aliphatic heterocycles. The van der Waals surface area contributed by atoms with Gasteiger partial charge in [0, 0.05) is 11.9 Å². The van der Waals surface area contributed by atoms with Crippen LogP contribution in [0.5, 0.6) is 5.75 Å². The van der Waals surface area contributed by atoms with Crippen molar-refractivity contribution in [3.8, 4) is 5.75 Å². The summed E-state index contributed by atoms with van der Waals surface area (Å²) in [4.78, 5) is 4.39. The monoisotopic (exact) mass is 282 g/mol. The van der Waals surface area contributed by atoms with Crippen molar-refractivity contribution in [3.05, 3.63) is 53.9 Å². The second kappa shape index (κ2) is 6.61. The van der Waals surface area contributed by atoms with Gasteiger partial charge in [0.05, 0.1) is 18.3 Å². The molecule has 110 valence electrons. The Morgan fingerprint density at radius 2 is 1.86 bits per heavy atom. The van der Waals surface area contributed by atoms with Crippen LogP contribution in [-0.2, 0) is 6.54 Å². The molecule has 0 amide bonds. The molecule has 0 saturated heterocycles. The summed E-state index contributed by atoms with van der Waals surface area (Å²) in [6, 6.07) is 12.4. The van der Waals surface area contributed by atoms with Gasteiger partial charge in [0.15, 0.2) is 0 Å². The molecule has 1 N–H and O–H groups in total. The number of anilines is 1. The van der Waals surface area contributed by atoms with Crippen LogP contribution in [0.15, 0.2) is 42.6 Å². The SMILES string of the molecule is Cc1ccc(CNc2ccc(OC3CCCC3)cc2)nc1. The Bertz CT molecular complexity index is 557. The third-order valence-corrected chi connectivity index (χ3v) is 3.91. The molecule has 3 nitrogen and oxygen atoms in total. The standard InChI is InChI=1S/C18H22N2O/c1-14-6-7-16(19-12-14)13-20-15-8-10-18(11-9-15)21-17-4-2-3-5-17/h6-12,17,20H,2-5,13H2,1H3. The molecule has 0 bridgehead atoms. The van der Waals surface area contributed by atoms with E-state index in [-0.39, 0.29) is 0 Å². The van der Waals surface area contributed by atoms with Crippen molar-refractivity contribution in [2.75, 3.05) is 5.32 Å². The summed E-state index contributed by atoms with van der Waals surface area (Å²) in [5.41, 5.74) is 3.33. The minimum atomic E-state index is 0.417. The number of nitrogens with one attached hydrogen (secondary N) is 1. The number of aromatic nitrogens is 1. The van der Waals surface area contributed by atoms with Crippen molar-refractivity contribution in [1.82, 2.24) is 4.98 Å². The molecule has 1 fully saturated rings. The molecule has 0 radical (unpaired) electrons. The number of rotatable bonds is 5. The van der Waals surface area contributed by atoms with E-state index in [1.807, 2.05) is 25.3 Å². The van der Waals surface area contributed by atoms with Gasteiger partial charge in [0.25, 0.3) is 0 Å². The van der Waals surface area contributed by atoms with Crippen LogP contribution in [0.3, 0.4) is 0 Å². The lowest BCUT2D eigenvalue weighted by atomic mass is 10.2. The Kier molecular flexibility index (Phi) is 4.39. The first-order valence-corrected chi connectivity index (χ1v) is 7.72. The van der Waals surface area contributed by atoms with E-state index in [1.54, 1.807) is 0 Å². The van der Waals surface area contributed by atoms with Gasteiger partial charge in [-0.3, -0.25) is 4.98 Å². The number of pyridine rings is 1. The highest BCUT2D eigenvalue weighted by Crippen LogP contribution is 2.25. The third kappa shape index (κ3) is 3.97. The van der Waals surface area contributed by atoms with Crippen LogP contribution in [0.2, 0.25) is 0 Å². The van der Waals surface area contributed by atoms with Crippen LogP contribution in [0.4, 0.5) is 5.69 Å². The van der Waals surface area contributed by atoms with Crippen LogP contribution in [0.25, 0.3) is 0 Å². The van der Waals surface area contributed by atoms with Gasteiger partial charge in [-0.05, 0) is 68.5 Å². The summed E-state index contributed by atoms with van der Waals surface area (Å²) in [6.45, 7) is 2.79. The van der Waals surface area contributed by atoms with E-state index in [2.05, 4.69) is 34.6 Å². The average molecular weight is 282 g/mol. The van der Waals surface area contributed by atoms with E-state index in [0.29, 0.717) is 6.10 Å². The largest absolute Gasteiger partial charge is 0.490 e. The fourth-order valence-electron chi connectivity index (χ4n) is 2.65. The number of ether oxygens (including phenoxy) is 1. The van der Waals surface area contributed by atoms with Crippen molar-refractivity contribution >= 4 is 5.69 Å². The van der Waals surface area contributed by atoms with Gasteiger partial charge in [-0.25, -0.2) is 0 Å². The molecule has 2 aromatic rings. The quantitative estimate of drug-likeness (QED) is 0.886. The first-order chi connectivity index (χ1) is 10.3. The van der Waals surface area contributed by atoms with Gasteiger partial charge >= 0.3 is 0 Å². The van der Waals surface area contributed by atoms with Crippen molar-refractivity contribution in [2.45, 2.75) is 45.3 Å². The minimum Gasteiger partial charge on any atom is -0.490 e. The number of hydrogen-bond acceptors (Lipinski definition) is 3. The first-order valence-electron chi connectivity index (χ1n) is 7.72. The number of aryl methyl sites for hydroxylation is 1. The van der Waals surface area contributed by atoms with E-state index in [0.717, 1.165) is 23.7 Å². The highest BCUT2D eigenvalue weighted by atomic mass is 16.5. The van der Waals surface area contributed by atoms with Crippen LogP contribution >= 0.6 is 0 Å². The first kappa shape index (κ1) is 13.9. The van der Waals surface area contributed by atoms with Crippen LogP contribution < -0.4 is 10.1 Å². The molecule has 1 heterocycles. The van der Waals surface area contributed by atoms with Crippen molar-refractivity contribution in [1.29, 1.82) is 0 Å². The maximum Gasteiger partial charge on any atom is 0.119 e. The summed E-state index contributed by atoms with van der Waals surface area (Å²) < 4.78 is 5.97. The number of nitrogens with zero attached hydrogens (tertiary/aromatic N) is 1. The van der Waals surface area contributed by atoms with Crippen LogP contribution in [0.1, 0.15) is 36.9 Å². The van der Waals surface area contributed by atoms with E-state index in [4.69, 9.17) is 4.74 Å². The van der Waals surface area contributed by atoms with Crippen molar-refractivity contribution in [2.24, 2.45) is 0 Å². The molecule has 21 heavy (non-hydrogen) atoms. The van der Waals surface area contributed by atoms with E-state index < -0.39 is 0 Å². The highest BCUT2D eigenvalue weighted by Gasteiger charge is 2.16. The lowest BCUT2D eigenvalue weighted by Crippen LogP contribution is -2.10. The Morgan fingerprint density at radius 1 is 1.10 bits per heavy atom. The molecule has 1 aliphatic rings. The molecule has 1 aliphatic carbocycles. The van der Waals surface area contributed by atoms with Crippen LogP contribution in [-0.4, -0.2) is 11.1 Å². The molecule has 1 saturated carbocycles. The Hall–Kier alpha value is -2.03. The van der Waals surface area contributed by atoms with E-state index >= 15 is 0 Å². The molecule has 1 aromatic heterocycles. The maximum atomic E-state index is 5.97. The average Bonchev–Trinajstić information content (AvgIpc) is 3.01. The second-order valence-corrected chi connectivity index (χ2v) is 5.73. The van der Waals surface area contributed by atoms with Gasteiger partial charge in [-0.1, -0.05) is 6.07 Å². The molecule has 3 heteroatoms. The topological polar surface area (TPSA) is 34.1 Å². The third-order valence-electron chi connectivity index (χ3n) is 3.91. The van der Waals surface area contributed by atoms with Gasteiger partial charge in [0.2, 0.25) is 0 Å². The molecule has 0 atom stereocenters. The summed E-state index contributed by atoms with van der Waals surface area (Å²) >= 11 is 0. The zero-order valence-electron chi connectivity index (χ0n) is 12.5. The lowest BCUT2D eigenvalue weighted by molar-refractivity contribution is 0.210. The normalized spacial score (nSPS) is 15.1. The van der Waals surface area contributed by atoms with Gasteiger partial charge in [-0.15, -0.1) is 0 Å². The smallest absolute Gasteiger partial charge is 0.119 e. The number of hydrogen-bond donors (Lipinski definition) is 1. The maximum absolute atomic E-state index is 5.97. The van der Waals surface area contributed by atoms with Crippen LogP contribution in [0, 0.1) is 6.92 Å². The van der Waals surface area contributed by atoms with Crippen molar-refractivity contribution < 1.29 is 4.74 Å². The van der Waals surface area contributed by atoms with Gasteiger partial charge in [0.1, 0.15) is 5.75 Å². The zero-order valence-corrected chi connectivity index (χ0v) is 12.5. The summed E-state index contributed by atoms with van der Waals surface area (Å²) in [5.74, 6) is 0.973. The molecule has 3 rings (SSSR count). The second-order valence-electron chi connectivity index (χ2n) is 5.73. The fraction of sp³-hybridized carbons (Fsp3) is 0.389. The minimum absolute atomic E-state index is 0.417. The summed E-state index contributed by atoms with van der Waals surface area (Å²) in [5, 5.41) is 3.38. The van der Waals surface area contributed by atoms with E-state index in [1.165, 1.54) is 31.2 Å². The molecular formula is C18H22N2O. The Balaban J connectivity index is 1.52. The van der Waals surface area contributed by atoms with Gasteiger partial charge in [-0.2, -0.15) is 0 Å². The summed E-state index contributed by atoms with van der Waals surface area (Å²) in [6.07, 6.45) is 7.30. The lowest BCUT2D eigenvalue weighted by Gasteiger charge is -2.13. The predicted molar refractivity (Wildman–Crippen MR) is 85.6 cm³/mol. The zero-order chi connectivity index (χ0) is 14.5. The highest BCUT2D eigenvalue weighted by molar-refractivity contribution is 5.46. The molecular weight excluding hydrogens is 260 g/mol.